The van der Waals surface area contributed by atoms with Crippen molar-refractivity contribution in [1.29, 1.82) is 0 Å². The number of nitrogens with zero attached hydrogens (tertiary/aromatic N) is 2. The molecule has 1 saturated carbocycles. The van der Waals surface area contributed by atoms with Crippen molar-refractivity contribution >= 4 is 34.5 Å². The maximum Gasteiger partial charge on any atom is 0.337 e. The molecule has 0 saturated heterocycles. The number of hydrogen-bond acceptors (Lipinski definition) is 5. The Hall–Kier alpha value is -4.69. The van der Waals surface area contributed by atoms with Crippen LogP contribution in [0.15, 0.2) is 78.9 Å². The number of esters is 1. The lowest BCUT2D eigenvalue weighted by molar-refractivity contribution is 0.0600. The van der Waals surface area contributed by atoms with Gasteiger partial charge in [-0.2, -0.15) is 0 Å². The second-order valence-electron chi connectivity index (χ2n) is 11.0. The molecular formula is C35H31ClFN3O4. The zero-order valence-electron chi connectivity index (χ0n) is 24.2. The molecule has 0 spiro atoms. The zero-order valence-corrected chi connectivity index (χ0v) is 24.9. The van der Waals surface area contributed by atoms with Crippen LogP contribution in [0, 0.1) is 5.82 Å². The molecule has 1 aromatic heterocycles. The number of aromatic nitrogens is 2. The first kappa shape index (κ1) is 29.4. The number of rotatable bonds is 8. The molecule has 0 unspecified atom stereocenters. The fourth-order valence-corrected chi connectivity index (χ4v) is 6.07. The summed E-state index contributed by atoms with van der Waals surface area (Å²) >= 11 is 6.08. The predicted molar refractivity (Wildman–Crippen MR) is 168 cm³/mol. The number of primary amides is 1. The largest absolute Gasteiger partial charge is 0.489 e. The second-order valence-corrected chi connectivity index (χ2v) is 11.4. The summed E-state index contributed by atoms with van der Waals surface area (Å²) < 4.78 is 28.9. The third-order valence-corrected chi connectivity index (χ3v) is 8.42. The number of benzene rings is 4. The summed E-state index contributed by atoms with van der Waals surface area (Å²) in [6.07, 6.45) is 5.30. The van der Waals surface area contributed by atoms with Crippen LogP contribution in [-0.2, 0) is 11.3 Å². The Bertz CT molecular complexity index is 1860. The number of amides is 1. The van der Waals surface area contributed by atoms with Crippen LogP contribution in [0.4, 0.5) is 4.39 Å². The summed E-state index contributed by atoms with van der Waals surface area (Å²) in [4.78, 5) is 28.9. The highest BCUT2D eigenvalue weighted by Gasteiger charge is 2.25. The van der Waals surface area contributed by atoms with Gasteiger partial charge in [0, 0.05) is 22.7 Å². The van der Waals surface area contributed by atoms with E-state index in [0.29, 0.717) is 44.4 Å². The van der Waals surface area contributed by atoms with Gasteiger partial charge in [0.05, 0.1) is 29.3 Å². The van der Waals surface area contributed by atoms with Crippen LogP contribution in [0.1, 0.15) is 64.4 Å². The average Bonchev–Trinajstić information content (AvgIpc) is 3.42. The molecule has 44 heavy (non-hydrogen) atoms. The minimum atomic E-state index is -0.552. The minimum Gasteiger partial charge on any atom is -0.489 e. The summed E-state index contributed by atoms with van der Waals surface area (Å²) in [6.45, 7) is 0.0781. The van der Waals surface area contributed by atoms with Gasteiger partial charge in [-0.15, -0.1) is 0 Å². The highest BCUT2D eigenvalue weighted by molar-refractivity contribution is 6.30. The third-order valence-electron chi connectivity index (χ3n) is 8.17. The SMILES string of the molecule is COC(=O)c1ccc2c(c1)nc(-c1ccc(OCc3cc(C(N)=O)ccc3-c3ccc(Cl)cc3)cc1F)n2C1CCCCC1. The first-order valence-corrected chi connectivity index (χ1v) is 14.9. The molecular weight excluding hydrogens is 581 g/mol. The molecule has 1 aliphatic rings. The molecule has 2 N–H and O–H groups in total. The lowest BCUT2D eigenvalue weighted by Gasteiger charge is -2.25. The average molecular weight is 612 g/mol. The van der Waals surface area contributed by atoms with Crippen LogP contribution in [0.5, 0.6) is 5.75 Å². The van der Waals surface area contributed by atoms with Crippen LogP contribution < -0.4 is 10.5 Å². The van der Waals surface area contributed by atoms with Crippen LogP contribution in [0.2, 0.25) is 5.02 Å². The van der Waals surface area contributed by atoms with E-state index in [1.54, 1.807) is 48.5 Å². The number of carbonyl (C=O) groups is 2. The van der Waals surface area contributed by atoms with E-state index in [2.05, 4.69) is 4.57 Å². The quantitative estimate of drug-likeness (QED) is 0.179. The lowest BCUT2D eigenvalue weighted by Crippen LogP contribution is -2.14. The van der Waals surface area contributed by atoms with Gasteiger partial charge < -0.3 is 19.8 Å². The molecule has 0 radical (unpaired) electrons. The first-order valence-electron chi connectivity index (χ1n) is 14.5. The van der Waals surface area contributed by atoms with Gasteiger partial charge in [-0.25, -0.2) is 14.2 Å². The molecule has 0 atom stereocenters. The molecule has 7 nitrogen and oxygen atoms in total. The molecule has 1 fully saturated rings. The van der Waals surface area contributed by atoms with Crippen molar-refractivity contribution in [2.45, 2.75) is 44.8 Å². The van der Waals surface area contributed by atoms with Crippen molar-refractivity contribution < 1.29 is 23.5 Å². The van der Waals surface area contributed by atoms with Crippen molar-refractivity contribution in [3.63, 3.8) is 0 Å². The summed E-state index contributed by atoms with van der Waals surface area (Å²) in [5, 5.41) is 0.608. The number of hydrogen-bond donors (Lipinski definition) is 1. The maximum atomic E-state index is 15.9. The molecule has 224 valence electrons. The maximum absolute atomic E-state index is 15.9. The van der Waals surface area contributed by atoms with E-state index in [1.165, 1.54) is 19.6 Å². The number of nitrogens with two attached hydrogens (primary N) is 1. The van der Waals surface area contributed by atoms with Crippen LogP contribution in [0.3, 0.4) is 0 Å². The van der Waals surface area contributed by atoms with E-state index in [9.17, 15) is 9.59 Å². The number of fused-ring (bicyclic) bond motifs is 1. The minimum absolute atomic E-state index is 0.0781. The molecule has 4 aromatic carbocycles. The molecule has 0 aliphatic heterocycles. The van der Waals surface area contributed by atoms with Gasteiger partial charge >= 0.3 is 5.97 Å². The summed E-state index contributed by atoms with van der Waals surface area (Å²) in [5.74, 6) is -0.645. The smallest absolute Gasteiger partial charge is 0.337 e. The van der Waals surface area contributed by atoms with Crippen molar-refractivity contribution in [2.75, 3.05) is 7.11 Å². The van der Waals surface area contributed by atoms with E-state index in [-0.39, 0.29) is 12.6 Å². The Balaban J connectivity index is 1.33. The molecule has 1 heterocycles. The van der Waals surface area contributed by atoms with E-state index in [1.807, 2.05) is 24.3 Å². The standard InChI is InChI=1S/C35H31ClFN3O4/c1-43-35(42)23-10-16-32-31(18-23)39-34(40(32)26-5-3-2-4-6-26)29-15-13-27(19-30(29)37)44-20-24-17-22(33(38)41)9-14-28(24)21-7-11-25(36)12-8-21/h7-19,26H,2-6,20H2,1H3,(H2,38,41). The van der Waals surface area contributed by atoms with Crippen molar-refractivity contribution in [1.82, 2.24) is 9.55 Å². The van der Waals surface area contributed by atoms with E-state index in [4.69, 9.17) is 31.8 Å². The normalized spacial score (nSPS) is 13.6. The number of halogens is 2. The van der Waals surface area contributed by atoms with Gasteiger partial charge in [-0.1, -0.05) is 49.1 Å². The van der Waals surface area contributed by atoms with Crippen molar-refractivity contribution in [3.05, 3.63) is 106 Å². The molecule has 6 rings (SSSR count). The lowest BCUT2D eigenvalue weighted by atomic mass is 9.94. The Labute approximate surface area is 259 Å². The van der Waals surface area contributed by atoms with Gasteiger partial charge in [0.1, 0.15) is 24.0 Å². The summed E-state index contributed by atoms with van der Waals surface area (Å²) in [6, 6.07) is 22.7. The number of carbonyl (C=O) groups excluding carboxylic acids is 2. The van der Waals surface area contributed by atoms with Crippen LogP contribution in [0.25, 0.3) is 33.5 Å². The molecule has 1 amide bonds. The highest BCUT2D eigenvalue weighted by atomic mass is 35.5. The Morgan fingerprint density at radius 3 is 2.36 bits per heavy atom. The van der Waals surface area contributed by atoms with E-state index < -0.39 is 17.7 Å². The van der Waals surface area contributed by atoms with Gasteiger partial charge in [0.15, 0.2) is 0 Å². The van der Waals surface area contributed by atoms with Crippen molar-refractivity contribution in [2.24, 2.45) is 5.73 Å². The fraction of sp³-hybridized carbons (Fsp3) is 0.229. The van der Waals surface area contributed by atoms with Gasteiger partial charge in [-0.05, 0) is 84.1 Å². The molecule has 5 aromatic rings. The zero-order chi connectivity index (χ0) is 30.8. The Kier molecular flexibility index (Phi) is 8.35. The van der Waals surface area contributed by atoms with Crippen LogP contribution >= 0.6 is 11.6 Å². The van der Waals surface area contributed by atoms with Crippen molar-refractivity contribution in [3.8, 4) is 28.3 Å². The Morgan fingerprint density at radius 2 is 1.66 bits per heavy atom. The molecule has 0 bridgehead atoms. The van der Waals surface area contributed by atoms with Gasteiger partial charge in [-0.3, -0.25) is 4.79 Å². The third kappa shape index (κ3) is 5.90. The number of methoxy groups -OCH3 is 1. The molecule has 9 heteroatoms. The number of ether oxygens (including phenoxy) is 2. The first-order chi connectivity index (χ1) is 21.3. The van der Waals surface area contributed by atoms with E-state index >= 15 is 4.39 Å². The summed E-state index contributed by atoms with van der Waals surface area (Å²) in [7, 11) is 1.34. The topological polar surface area (TPSA) is 96.4 Å². The second kappa shape index (κ2) is 12.5. The highest BCUT2D eigenvalue weighted by Crippen LogP contribution is 2.38. The summed E-state index contributed by atoms with van der Waals surface area (Å²) in [5.41, 5.74) is 10.5. The molecule has 1 aliphatic carbocycles. The number of imidazole rings is 1. The Morgan fingerprint density at radius 1 is 0.932 bits per heavy atom. The van der Waals surface area contributed by atoms with Crippen LogP contribution in [-0.4, -0.2) is 28.5 Å². The fourth-order valence-electron chi connectivity index (χ4n) is 5.95. The predicted octanol–water partition coefficient (Wildman–Crippen LogP) is 8.13. The monoisotopic (exact) mass is 611 g/mol. The van der Waals surface area contributed by atoms with Gasteiger partial charge in [0.2, 0.25) is 5.91 Å². The van der Waals surface area contributed by atoms with E-state index in [0.717, 1.165) is 42.3 Å². The van der Waals surface area contributed by atoms with Gasteiger partial charge in [0.25, 0.3) is 0 Å².